The fraction of sp³-hybridized carbons (Fsp3) is 0.211. The summed E-state index contributed by atoms with van der Waals surface area (Å²) < 4.78 is 5.59. The molecular weight excluding hydrogens is 593 g/mol. The number of hydrogen-bond acceptors (Lipinski definition) is 8. The molecule has 1 saturated heterocycles. The predicted octanol–water partition coefficient (Wildman–Crippen LogP) is 8.47. The number of allylic oxidation sites excluding steroid dienone is 1. The number of carbonyl (C=O) groups is 2. The number of methoxy groups -OCH3 is 1. The van der Waals surface area contributed by atoms with Crippen LogP contribution in [0.1, 0.15) is 33.3 Å². The Morgan fingerprint density at radius 1 is 0.826 bits per heavy atom. The third-order valence-corrected chi connectivity index (χ3v) is 8.45. The standard InChI is InChI=1S/C35H32N4O2S.C3H6O/c1-25(2)24-30-31(33(40)41-3)35(34(42-30)36-27-18-10-5-11-19-27)38(28-20-12-6-13-21-28)32(26-16-8-4-9-17-26)37-39(35)29-22-14-7-15-23-29;1-3(2)4/h4-25,31H,1-3H3;1-2H3/b30-24+,36-34?;/t31-,35-;/m0./s1. The smallest absolute Gasteiger partial charge is 0.318 e. The molecule has 0 amide bonds. The molecule has 4 aromatic rings. The molecule has 8 heteroatoms. The molecule has 0 bridgehead atoms. The van der Waals surface area contributed by atoms with Gasteiger partial charge in [-0.3, -0.25) is 9.69 Å². The molecule has 6 rings (SSSR count). The molecule has 2 atom stereocenters. The van der Waals surface area contributed by atoms with Gasteiger partial charge in [0.2, 0.25) is 5.66 Å². The molecule has 1 spiro atoms. The Morgan fingerprint density at radius 2 is 1.33 bits per heavy atom. The van der Waals surface area contributed by atoms with Crippen LogP contribution < -0.4 is 9.91 Å². The molecule has 1 fully saturated rings. The first-order valence-corrected chi connectivity index (χ1v) is 16.0. The van der Waals surface area contributed by atoms with Gasteiger partial charge in [-0.2, -0.15) is 5.10 Å². The summed E-state index contributed by atoms with van der Waals surface area (Å²) in [6, 6.07) is 40.1. The van der Waals surface area contributed by atoms with Crippen molar-refractivity contribution < 1.29 is 14.3 Å². The van der Waals surface area contributed by atoms with Crippen LogP contribution >= 0.6 is 11.8 Å². The van der Waals surface area contributed by atoms with Crippen molar-refractivity contribution in [3.05, 3.63) is 138 Å². The number of carbonyl (C=O) groups excluding carboxylic acids is 2. The minimum Gasteiger partial charge on any atom is -0.468 e. The third-order valence-electron chi connectivity index (χ3n) is 7.26. The number of hydrogen-bond donors (Lipinski definition) is 0. The number of amidine groups is 1. The summed E-state index contributed by atoms with van der Waals surface area (Å²) in [5, 5.41) is 8.05. The molecule has 0 saturated carbocycles. The fourth-order valence-corrected chi connectivity index (χ4v) is 7.09. The molecule has 0 aromatic heterocycles. The Labute approximate surface area is 275 Å². The van der Waals surface area contributed by atoms with E-state index in [9.17, 15) is 9.59 Å². The molecule has 7 nitrogen and oxygen atoms in total. The van der Waals surface area contributed by atoms with Gasteiger partial charge in [-0.05, 0) is 56.2 Å². The lowest BCUT2D eigenvalue weighted by Crippen LogP contribution is -2.65. The SMILES string of the molecule is CC(C)=O.COC(=O)[C@@H]1/C(=C\C(C)C)SC(=Nc2ccccc2)[C@@]12N(c1ccccc1)N=C(c1ccccc1)N2c1ccccc1. The molecular formula is C38H38N4O3S. The fourth-order valence-electron chi connectivity index (χ4n) is 5.55. The van der Waals surface area contributed by atoms with E-state index in [-0.39, 0.29) is 17.7 Å². The summed E-state index contributed by atoms with van der Waals surface area (Å²) in [6.45, 7) is 7.29. The average molecular weight is 631 g/mol. The summed E-state index contributed by atoms with van der Waals surface area (Å²) in [7, 11) is 1.45. The molecule has 0 unspecified atom stereocenters. The lowest BCUT2D eigenvalue weighted by atomic mass is 9.87. The van der Waals surface area contributed by atoms with E-state index in [4.69, 9.17) is 14.8 Å². The van der Waals surface area contributed by atoms with E-state index in [1.807, 2.05) is 114 Å². The van der Waals surface area contributed by atoms with Crippen LogP contribution in [0.15, 0.2) is 142 Å². The topological polar surface area (TPSA) is 74.6 Å². The van der Waals surface area contributed by atoms with Crippen molar-refractivity contribution in [2.45, 2.75) is 33.4 Å². The molecule has 0 N–H and O–H groups in total. The van der Waals surface area contributed by atoms with Crippen molar-refractivity contribution in [2.75, 3.05) is 17.0 Å². The predicted molar refractivity (Wildman–Crippen MR) is 189 cm³/mol. The molecule has 0 aliphatic carbocycles. The Bertz CT molecular complexity index is 1740. The highest BCUT2D eigenvalue weighted by molar-refractivity contribution is 8.18. The number of rotatable bonds is 6. The zero-order valence-electron chi connectivity index (χ0n) is 26.7. The lowest BCUT2D eigenvalue weighted by Gasteiger charge is -2.44. The van der Waals surface area contributed by atoms with E-state index in [0.29, 0.717) is 5.84 Å². The highest BCUT2D eigenvalue weighted by Gasteiger charge is 2.67. The minimum absolute atomic E-state index is 0.167. The van der Waals surface area contributed by atoms with Gasteiger partial charge in [0, 0.05) is 16.2 Å². The summed E-state index contributed by atoms with van der Waals surface area (Å²) in [5.74, 6) is -0.0208. The average Bonchev–Trinajstić information content (AvgIpc) is 3.57. The van der Waals surface area contributed by atoms with Crippen LogP contribution in [0.4, 0.5) is 17.1 Å². The Balaban J connectivity index is 0.000000985. The number of benzene rings is 4. The number of Topliss-reactive ketones (excluding diaryl/α,β-unsaturated/α-hetero) is 1. The number of esters is 1. The highest BCUT2D eigenvalue weighted by Crippen LogP contribution is 2.56. The van der Waals surface area contributed by atoms with Crippen LogP contribution in [0, 0.1) is 11.8 Å². The van der Waals surface area contributed by atoms with E-state index in [1.54, 1.807) is 0 Å². The number of thioether (sulfide) groups is 1. The van der Waals surface area contributed by atoms with Crippen molar-refractivity contribution in [3.63, 3.8) is 0 Å². The van der Waals surface area contributed by atoms with E-state index >= 15 is 0 Å². The summed E-state index contributed by atoms with van der Waals surface area (Å²) in [4.78, 5) is 31.9. The molecule has 46 heavy (non-hydrogen) atoms. The second-order valence-corrected chi connectivity index (χ2v) is 12.4. The van der Waals surface area contributed by atoms with Crippen molar-refractivity contribution in [1.82, 2.24) is 0 Å². The Hall–Kier alpha value is -4.95. The van der Waals surface area contributed by atoms with Crippen molar-refractivity contribution in [1.29, 1.82) is 0 Å². The maximum Gasteiger partial charge on any atom is 0.318 e. The van der Waals surface area contributed by atoms with Crippen LogP contribution in [0.3, 0.4) is 0 Å². The largest absolute Gasteiger partial charge is 0.468 e. The van der Waals surface area contributed by atoms with Gasteiger partial charge < -0.3 is 9.53 Å². The second kappa shape index (κ2) is 14.4. The van der Waals surface area contributed by atoms with Crippen molar-refractivity contribution in [2.24, 2.45) is 21.9 Å². The summed E-state index contributed by atoms with van der Waals surface area (Å²) in [5.41, 5.74) is 2.25. The number of anilines is 2. The molecule has 2 heterocycles. The zero-order chi connectivity index (χ0) is 32.7. The van der Waals surface area contributed by atoms with Crippen molar-refractivity contribution >= 4 is 51.5 Å². The zero-order valence-corrected chi connectivity index (χ0v) is 27.5. The number of nitrogens with zero attached hydrogens (tertiary/aromatic N) is 4. The van der Waals surface area contributed by atoms with Gasteiger partial charge in [-0.15, -0.1) is 0 Å². The van der Waals surface area contributed by atoms with Crippen LogP contribution in [-0.2, 0) is 14.3 Å². The molecule has 234 valence electrons. The monoisotopic (exact) mass is 630 g/mol. The number of para-hydroxylation sites is 3. The Morgan fingerprint density at radius 3 is 1.85 bits per heavy atom. The number of ketones is 1. The lowest BCUT2D eigenvalue weighted by molar-refractivity contribution is -0.144. The van der Waals surface area contributed by atoms with Gasteiger partial charge in [-0.25, -0.2) is 10.0 Å². The number of ether oxygens (including phenoxy) is 1. The third kappa shape index (κ3) is 6.53. The number of aliphatic imine (C=N–C) groups is 1. The maximum atomic E-state index is 14.1. The van der Waals surface area contributed by atoms with E-state index in [2.05, 4.69) is 37.0 Å². The van der Waals surface area contributed by atoms with Crippen LogP contribution in [0.2, 0.25) is 0 Å². The van der Waals surface area contributed by atoms with E-state index in [0.717, 1.165) is 32.6 Å². The quantitative estimate of drug-likeness (QED) is 0.199. The van der Waals surface area contributed by atoms with Crippen LogP contribution in [0.25, 0.3) is 0 Å². The maximum absolute atomic E-state index is 14.1. The van der Waals surface area contributed by atoms with Gasteiger partial charge in [0.05, 0.1) is 18.5 Å². The van der Waals surface area contributed by atoms with Gasteiger partial charge >= 0.3 is 5.97 Å². The Kier molecular flexibility index (Phi) is 10.2. The minimum atomic E-state index is -1.19. The van der Waals surface area contributed by atoms with Crippen LogP contribution in [-0.4, -0.2) is 35.4 Å². The second-order valence-electron chi connectivity index (χ2n) is 11.4. The molecule has 2 aliphatic rings. The first kappa shape index (κ1) is 32.4. The first-order valence-electron chi connectivity index (χ1n) is 15.2. The summed E-state index contributed by atoms with van der Waals surface area (Å²) in [6.07, 6.45) is 2.15. The van der Waals surface area contributed by atoms with Gasteiger partial charge in [0.15, 0.2) is 5.84 Å². The van der Waals surface area contributed by atoms with Gasteiger partial charge in [-0.1, -0.05) is 117 Å². The van der Waals surface area contributed by atoms with E-state index < -0.39 is 11.6 Å². The first-order chi connectivity index (χ1) is 22.3. The summed E-state index contributed by atoms with van der Waals surface area (Å²) >= 11 is 1.53. The van der Waals surface area contributed by atoms with Crippen molar-refractivity contribution in [3.8, 4) is 0 Å². The molecule has 0 radical (unpaired) electrons. The highest BCUT2D eigenvalue weighted by atomic mass is 32.2. The number of hydrazone groups is 1. The molecule has 4 aromatic carbocycles. The van der Waals surface area contributed by atoms with Gasteiger partial charge in [0.25, 0.3) is 0 Å². The van der Waals surface area contributed by atoms with Crippen LogP contribution in [0.5, 0.6) is 0 Å². The van der Waals surface area contributed by atoms with E-state index in [1.165, 1.54) is 32.7 Å². The van der Waals surface area contributed by atoms with Gasteiger partial charge in [0.1, 0.15) is 16.7 Å². The normalized spacial score (nSPS) is 20.6. The molecule has 2 aliphatic heterocycles.